The van der Waals surface area contributed by atoms with E-state index >= 15 is 0 Å². The van der Waals surface area contributed by atoms with Gasteiger partial charge in [0, 0.05) is 120 Å². The highest BCUT2D eigenvalue weighted by Gasteiger charge is 2.44. The molecule has 0 atom stereocenters. The molecule has 16 aromatic carbocycles. The van der Waals surface area contributed by atoms with Crippen LogP contribution >= 0.6 is 0 Å². The molecule has 0 amide bonds. The smallest absolute Gasteiger partial charge is 0.238 e. The quantitative estimate of drug-likeness (QED) is 0.106. The second-order valence-electron chi connectivity index (χ2n) is 34.5. The van der Waals surface area contributed by atoms with Crippen LogP contribution in [0.2, 0.25) is 26.2 Å². The van der Waals surface area contributed by atoms with E-state index in [0.717, 1.165) is 182 Å². The van der Waals surface area contributed by atoms with Crippen LogP contribution in [0.5, 0.6) is 0 Å². The first-order valence-corrected chi connectivity index (χ1v) is 49.8. The first-order valence-electron chi connectivity index (χ1n) is 43.8. The number of hydrogen-bond acceptors (Lipinski definition) is 12. The fourth-order valence-electron chi connectivity index (χ4n) is 19.8. The Morgan fingerprint density at radius 1 is 0.208 bits per heavy atom. The minimum Gasteiger partial charge on any atom is -0.455 e. The third kappa shape index (κ3) is 12.3. The van der Waals surface area contributed by atoms with Crippen molar-refractivity contribution in [1.82, 2.24) is 59.0 Å². The topological polar surface area (TPSA) is 165 Å². The number of furan rings is 2. The molecule has 612 valence electrons. The van der Waals surface area contributed by atoms with E-state index in [0.29, 0.717) is 46.8 Å². The molecule has 2 aliphatic rings. The molecule has 0 unspecified atom stereocenters. The van der Waals surface area contributed by atoms with Crippen LogP contribution in [0, 0.1) is 0 Å². The van der Waals surface area contributed by atoms with Gasteiger partial charge in [-0.3, -0.25) is 9.13 Å². The van der Waals surface area contributed by atoms with Crippen molar-refractivity contribution in [3.8, 4) is 147 Å². The first-order chi connectivity index (χ1) is 63.9. The molecule has 8 aromatic heterocycles. The molecule has 24 aromatic rings. The van der Waals surface area contributed by atoms with Gasteiger partial charge in [-0.15, -0.1) is 0 Å². The standard InChI is InChI=1S/2C57H38N6OSi/c1-65(2)49-28-15-13-24-43(49)50-51(35-17-6-3-7-18-35)58-55(60-56(50)65)39-30-32-47-45(34-39)44-33-38(40-25-16-26-42-41-23-12-14-27-48(41)64-52(40)42)29-31-46(44)63(47)57-61-53(36-19-8-4-9-20-36)59-54(62-57)37-21-10-5-11-22-37;1-65(2)49-30-14-11-25-44(49)50-51(38-22-15-21-37(33-38)40-26-16-27-43-42-24-10-13-29-48(42)64-52(40)43)58-55(60-56(50)65)39-31-32-47-45(34-39)41-23-9-12-28-46(41)63(47)57-61-53(35-17-5-3-6-18-35)59-54(62-57)36-19-7-4-8-20-36/h2*3-34H,1-2H3. The van der Waals surface area contributed by atoms with Gasteiger partial charge in [0.2, 0.25) is 11.9 Å². The zero-order chi connectivity index (χ0) is 86.5. The maximum Gasteiger partial charge on any atom is 0.238 e. The number of fused-ring (bicyclic) bond motifs is 18. The predicted molar refractivity (Wildman–Crippen MR) is 533 cm³/mol. The molecule has 0 spiro atoms. The van der Waals surface area contributed by atoms with Crippen molar-refractivity contribution in [3.63, 3.8) is 0 Å². The third-order valence-corrected chi connectivity index (χ3v) is 32.7. The van der Waals surface area contributed by atoms with Crippen LogP contribution in [0.3, 0.4) is 0 Å². The molecule has 2 aliphatic heterocycles. The molecule has 26 rings (SSSR count). The normalized spacial score (nSPS) is 12.9. The number of aromatic nitrogens is 12. The SMILES string of the molecule is C[Si]1(C)c2ccccc2-c2c(-c3cccc(-c4cccc5c4oc4ccccc45)c3)nc(-c3ccc4c(c3)c3ccccc3n4-c3nc(-c4ccccc4)nc(-c4ccccc4)n3)nc21.C[Si]1(C)c2ccccc2-c2c(-c3ccccc3)nc(-c3ccc4c(c3)c3cc(-c5cccc6c5oc5ccccc56)ccc3n4-c3nc(-c4ccccc4)nc(-c4ccccc4)n3)nc21. The Morgan fingerprint density at radius 3 is 0.969 bits per heavy atom. The summed E-state index contributed by atoms with van der Waals surface area (Å²) in [5.41, 5.74) is 25.9. The summed E-state index contributed by atoms with van der Waals surface area (Å²) in [5, 5.41) is 13.7. The van der Waals surface area contributed by atoms with E-state index in [1.807, 2.05) is 146 Å². The van der Waals surface area contributed by atoms with Gasteiger partial charge in [0.1, 0.15) is 38.5 Å². The average molecular weight is 1700 g/mol. The molecule has 0 aliphatic carbocycles. The Hall–Kier alpha value is -16.7. The van der Waals surface area contributed by atoms with Crippen LogP contribution < -0.4 is 21.0 Å². The number of rotatable bonds is 12. The van der Waals surface area contributed by atoms with Crippen LogP contribution in [-0.4, -0.2) is 75.1 Å². The van der Waals surface area contributed by atoms with Gasteiger partial charge >= 0.3 is 0 Å². The molecule has 0 saturated carbocycles. The van der Waals surface area contributed by atoms with Gasteiger partial charge in [-0.2, -0.15) is 19.9 Å². The van der Waals surface area contributed by atoms with E-state index in [4.69, 9.17) is 58.7 Å². The first kappa shape index (κ1) is 75.8. The second kappa shape index (κ2) is 30.0. The molecule has 10 heterocycles. The van der Waals surface area contributed by atoms with Crippen molar-refractivity contribution in [2.75, 3.05) is 0 Å². The summed E-state index contributed by atoms with van der Waals surface area (Å²) in [7, 11) is -4.42. The van der Waals surface area contributed by atoms with Crippen molar-refractivity contribution in [2.45, 2.75) is 26.2 Å². The van der Waals surface area contributed by atoms with Gasteiger partial charge in [-0.1, -0.05) is 342 Å². The van der Waals surface area contributed by atoms with E-state index in [2.05, 4.69) is 278 Å². The molecule has 0 radical (unpaired) electrons. The second-order valence-corrected chi connectivity index (χ2v) is 43.0. The monoisotopic (exact) mass is 1700 g/mol. The lowest BCUT2D eigenvalue weighted by Gasteiger charge is -2.19. The zero-order valence-corrected chi connectivity index (χ0v) is 73.1. The lowest BCUT2D eigenvalue weighted by atomic mass is 9.96. The highest BCUT2D eigenvalue weighted by Crippen LogP contribution is 2.46. The van der Waals surface area contributed by atoms with Gasteiger partial charge in [0.25, 0.3) is 0 Å². The van der Waals surface area contributed by atoms with E-state index in [1.165, 1.54) is 26.8 Å². The van der Waals surface area contributed by atoms with Crippen molar-refractivity contribution in [1.29, 1.82) is 0 Å². The van der Waals surface area contributed by atoms with E-state index < -0.39 is 16.1 Å². The average Bonchev–Trinajstić information content (AvgIpc) is 1.56. The van der Waals surface area contributed by atoms with E-state index in [1.54, 1.807) is 0 Å². The largest absolute Gasteiger partial charge is 0.455 e. The van der Waals surface area contributed by atoms with Crippen molar-refractivity contribution in [2.24, 2.45) is 0 Å². The third-order valence-electron chi connectivity index (χ3n) is 26.1. The number of para-hydroxylation sites is 5. The summed E-state index contributed by atoms with van der Waals surface area (Å²) < 4.78 is 17.4. The molecule has 14 nitrogen and oxygen atoms in total. The molecule has 0 bridgehead atoms. The molecule has 0 saturated heterocycles. The Morgan fingerprint density at radius 2 is 0.515 bits per heavy atom. The maximum absolute atomic E-state index is 6.58. The summed E-state index contributed by atoms with van der Waals surface area (Å²) in [5.74, 6) is 4.92. The molecule has 0 fully saturated rings. The van der Waals surface area contributed by atoms with Crippen molar-refractivity contribution >= 4 is 125 Å². The summed E-state index contributed by atoms with van der Waals surface area (Å²) in [6.07, 6.45) is 0. The Bertz CT molecular complexity index is 8640. The van der Waals surface area contributed by atoms with E-state index in [9.17, 15) is 0 Å². The summed E-state index contributed by atoms with van der Waals surface area (Å²) in [6, 6.07) is 135. The zero-order valence-electron chi connectivity index (χ0n) is 71.1. The van der Waals surface area contributed by atoms with Gasteiger partial charge in [-0.25, -0.2) is 29.9 Å². The predicted octanol–water partition coefficient (Wildman–Crippen LogP) is 25.6. The van der Waals surface area contributed by atoms with Crippen LogP contribution in [0.1, 0.15) is 0 Å². The van der Waals surface area contributed by atoms with Gasteiger partial charge in [0.15, 0.2) is 34.9 Å². The van der Waals surface area contributed by atoms with Gasteiger partial charge in [-0.05, 0) is 105 Å². The Balaban J connectivity index is 0.000000140. The molecular weight excluding hydrogens is 1630 g/mol. The highest BCUT2D eigenvalue weighted by atomic mass is 28.3. The van der Waals surface area contributed by atoms with Crippen molar-refractivity contribution in [3.05, 3.63) is 388 Å². The van der Waals surface area contributed by atoms with Crippen LogP contribution in [0.15, 0.2) is 397 Å². The molecule has 0 N–H and O–H groups in total. The summed E-state index contributed by atoms with van der Waals surface area (Å²) >= 11 is 0. The molecule has 16 heteroatoms. The highest BCUT2D eigenvalue weighted by molar-refractivity contribution is 7.04. The van der Waals surface area contributed by atoms with E-state index in [-0.39, 0.29) is 0 Å². The lowest BCUT2D eigenvalue weighted by Crippen LogP contribution is -2.50. The Kier molecular flexibility index (Phi) is 17.5. The van der Waals surface area contributed by atoms with Gasteiger partial charge < -0.3 is 8.83 Å². The summed E-state index contributed by atoms with van der Waals surface area (Å²) in [4.78, 5) is 52.9. The molecular formula is C114H76N12O2Si2. The lowest BCUT2D eigenvalue weighted by molar-refractivity contribution is 0.669. The fourth-order valence-corrected chi connectivity index (χ4v) is 25.6. The minimum atomic E-state index is -2.24. The van der Waals surface area contributed by atoms with Crippen LogP contribution in [0.25, 0.3) is 235 Å². The van der Waals surface area contributed by atoms with Gasteiger partial charge in [0.05, 0.1) is 33.5 Å². The van der Waals surface area contributed by atoms with Crippen molar-refractivity contribution < 1.29 is 8.83 Å². The van der Waals surface area contributed by atoms with Crippen LogP contribution in [0.4, 0.5) is 0 Å². The minimum absolute atomic E-state index is 0.531. The number of hydrogen-bond donors (Lipinski definition) is 0. The molecule has 130 heavy (non-hydrogen) atoms. The summed E-state index contributed by atoms with van der Waals surface area (Å²) in [6.45, 7) is 9.64. The fraction of sp³-hybridized carbons (Fsp3) is 0.0351. The maximum atomic E-state index is 6.58. The number of benzene rings is 16. The number of nitrogens with zero attached hydrogens (tertiary/aromatic N) is 12. The van der Waals surface area contributed by atoms with Crippen LogP contribution in [-0.2, 0) is 0 Å². The Labute approximate surface area is 749 Å².